The van der Waals surface area contributed by atoms with E-state index in [9.17, 15) is 19.2 Å². The molecular formula is C46H57N9O5. The molecule has 1 saturated carbocycles. The lowest BCUT2D eigenvalue weighted by Gasteiger charge is -2.45. The van der Waals surface area contributed by atoms with Crippen LogP contribution in [-0.4, -0.2) is 115 Å². The molecule has 5 aliphatic rings. The van der Waals surface area contributed by atoms with Crippen LogP contribution < -0.4 is 31.3 Å². The smallest absolute Gasteiger partial charge is 0.328 e. The molecule has 3 aromatic carbocycles. The van der Waals surface area contributed by atoms with Crippen LogP contribution in [0.2, 0.25) is 0 Å². The fourth-order valence-electron chi connectivity index (χ4n) is 9.67. The van der Waals surface area contributed by atoms with E-state index in [1.165, 1.54) is 4.90 Å². The van der Waals surface area contributed by atoms with E-state index in [4.69, 9.17) is 15.9 Å². The van der Waals surface area contributed by atoms with E-state index in [2.05, 4.69) is 25.8 Å². The fraction of sp³-hybridized carbons (Fsp3) is 0.457. The van der Waals surface area contributed by atoms with Crippen LogP contribution in [0.3, 0.4) is 0 Å². The minimum Gasteiger partial charge on any atom is -0.457 e. The van der Waals surface area contributed by atoms with Gasteiger partial charge in [-0.05, 0) is 111 Å². The maximum atomic E-state index is 13.5. The molecule has 1 aliphatic carbocycles. The van der Waals surface area contributed by atoms with E-state index in [0.29, 0.717) is 52.8 Å². The molecule has 0 spiro atoms. The molecule has 4 heterocycles. The minimum absolute atomic E-state index is 0.0105. The summed E-state index contributed by atoms with van der Waals surface area (Å²) in [4.78, 5) is 58.9. The van der Waals surface area contributed by atoms with Gasteiger partial charge in [0.1, 0.15) is 22.9 Å². The predicted molar refractivity (Wildman–Crippen MR) is 230 cm³/mol. The monoisotopic (exact) mass is 815 g/mol. The van der Waals surface area contributed by atoms with Crippen molar-refractivity contribution in [3.63, 3.8) is 0 Å². The SMILES string of the molecule is N=C(/C(C(N)=O)=C1/NCC[C@@H](C2CCC(N3CCN(CC4CCN(C(=O)c5cccc(N6CCC(=O)NC6=O)c5)CC4)CC3)CC2)N1)c1ccc(Oc2ccccc2)cc1. The second-order valence-electron chi connectivity index (χ2n) is 16.8. The summed E-state index contributed by atoms with van der Waals surface area (Å²) in [7, 11) is 0. The second kappa shape index (κ2) is 18.7. The number of urea groups is 1. The normalized spacial score (nSPS) is 24.2. The molecule has 0 bridgehead atoms. The van der Waals surface area contributed by atoms with Crippen molar-refractivity contribution in [3.05, 3.63) is 101 Å². The third-order valence-electron chi connectivity index (χ3n) is 13.1. The molecule has 3 aromatic rings. The number of amides is 5. The summed E-state index contributed by atoms with van der Waals surface area (Å²) in [5.74, 6) is 2.06. The van der Waals surface area contributed by atoms with Crippen molar-refractivity contribution in [2.45, 2.75) is 63.5 Å². The number of nitrogens with two attached hydrogens (primary N) is 1. The van der Waals surface area contributed by atoms with Crippen molar-refractivity contribution in [2.75, 3.05) is 63.8 Å². The van der Waals surface area contributed by atoms with Crippen molar-refractivity contribution >= 4 is 35.2 Å². The summed E-state index contributed by atoms with van der Waals surface area (Å²) in [6, 6.07) is 24.2. The Morgan fingerprint density at radius 2 is 1.48 bits per heavy atom. The lowest BCUT2D eigenvalue weighted by molar-refractivity contribution is -0.120. The molecule has 14 nitrogen and oxygen atoms in total. The van der Waals surface area contributed by atoms with Crippen LogP contribution in [0, 0.1) is 17.2 Å². The lowest BCUT2D eigenvalue weighted by Crippen LogP contribution is -2.54. The molecule has 5 fully saturated rings. The van der Waals surface area contributed by atoms with E-state index < -0.39 is 11.9 Å². The summed E-state index contributed by atoms with van der Waals surface area (Å²) < 4.78 is 5.91. The number of hydrogen-bond donors (Lipinski definition) is 5. The number of anilines is 1. The Bertz CT molecular complexity index is 2070. The number of hydrogen-bond acceptors (Lipinski definition) is 10. The average Bonchev–Trinajstić information content (AvgIpc) is 3.27. The van der Waals surface area contributed by atoms with Gasteiger partial charge in [-0.2, -0.15) is 0 Å². The standard InChI is InChI=1S/C46H57N9O5/c47-42(33-11-15-38(16-12-33)60-37-7-2-1-3-8-37)41(43(48)57)44-49-21-17-39(50-44)32-9-13-35(14-10-32)53-27-25-52(26-28-53)30-31-18-22-54(23-19-31)45(58)34-5-4-6-36(29-34)55-24-20-40(56)51-46(55)59/h1-8,11-12,15-16,29,31-32,35,39,47,49-50H,9-10,13-14,17-28,30H2,(H2,48,57)(H,51,56,59)/b44-41+,47-42?/t32?,35?,39-/m0/s1. The van der Waals surface area contributed by atoms with Crippen LogP contribution in [0.4, 0.5) is 10.5 Å². The third kappa shape index (κ3) is 9.66. The van der Waals surface area contributed by atoms with Gasteiger partial charge in [0.2, 0.25) is 5.91 Å². The summed E-state index contributed by atoms with van der Waals surface area (Å²) in [5, 5.41) is 18.3. The van der Waals surface area contributed by atoms with Crippen molar-refractivity contribution in [2.24, 2.45) is 17.6 Å². The summed E-state index contributed by atoms with van der Waals surface area (Å²) in [6.45, 7) is 7.83. The van der Waals surface area contributed by atoms with Gasteiger partial charge >= 0.3 is 6.03 Å². The first-order chi connectivity index (χ1) is 29.2. The molecule has 60 heavy (non-hydrogen) atoms. The molecule has 6 N–H and O–H groups in total. The van der Waals surface area contributed by atoms with Gasteiger partial charge in [0.25, 0.3) is 11.8 Å². The molecule has 0 radical (unpaired) electrons. The van der Waals surface area contributed by atoms with Gasteiger partial charge in [-0.3, -0.25) is 34.9 Å². The average molecular weight is 816 g/mol. The van der Waals surface area contributed by atoms with Gasteiger partial charge in [0.05, 0.1) is 5.71 Å². The molecule has 8 rings (SSSR count). The highest BCUT2D eigenvalue weighted by Gasteiger charge is 2.35. The molecule has 0 aromatic heterocycles. The molecule has 4 aliphatic heterocycles. The van der Waals surface area contributed by atoms with Gasteiger partial charge < -0.3 is 30.9 Å². The first kappa shape index (κ1) is 41.0. The molecule has 5 amide bonds. The van der Waals surface area contributed by atoms with Crippen LogP contribution in [0.25, 0.3) is 0 Å². The first-order valence-corrected chi connectivity index (χ1v) is 21.6. The minimum atomic E-state index is -0.631. The number of carbonyl (C=O) groups excluding carboxylic acids is 4. The number of nitrogens with zero attached hydrogens (tertiary/aromatic N) is 4. The van der Waals surface area contributed by atoms with E-state index >= 15 is 0 Å². The van der Waals surface area contributed by atoms with Gasteiger partial charge in [-0.15, -0.1) is 0 Å². The highest BCUT2D eigenvalue weighted by Crippen LogP contribution is 2.33. The largest absolute Gasteiger partial charge is 0.457 e. The molecule has 0 unspecified atom stereocenters. The summed E-state index contributed by atoms with van der Waals surface area (Å²) >= 11 is 0. The van der Waals surface area contributed by atoms with Gasteiger partial charge in [0, 0.05) is 94.2 Å². The quantitative estimate of drug-likeness (QED) is 0.136. The fourth-order valence-corrected chi connectivity index (χ4v) is 9.67. The maximum Gasteiger partial charge on any atom is 0.328 e. The van der Waals surface area contributed by atoms with E-state index in [0.717, 1.165) is 103 Å². The highest BCUT2D eigenvalue weighted by atomic mass is 16.5. The number of para-hydroxylation sites is 1. The number of piperidine rings is 1. The first-order valence-electron chi connectivity index (χ1n) is 21.6. The predicted octanol–water partition coefficient (Wildman–Crippen LogP) is 4.67. The number of benzene rings is 3. The number of ether oxygens (including phenoxy) is 1. The van der Waals surface area contributed by atoms with Gasteiger partial charge in [-0.1, -0.05) is 24.3 Å². The zero-order valence-electron chi connectivity index (χ0n) is 34.2. The van der Waals surface area contributed by atoms with E-state index in [1.54, 1.807) is 48.5 Å². The molecule has 4 saturated heterocycles. The Kier molecular flexibility index (Phi) is 12.8. The van der Waals surface area contributed by atoms with Crippen molar-refractivity contribution in [1.29, 1.82) is 5.41 Å². The Hall–Kier alpha value is -5.73. The number of rotatable bonds is 11. The van der Waals surface area contributed by atoms with E-state index in [-0.39, 0.29) is 35.6 Å². The van der Waals surface area contributed by atoms with Gasteiger partial charge in [0.15, 0.2) is 0 Å². The van der Waals surface area contributed by atoms with Gasteiger partial charge in [-0.25, -0.2) is 4.79 Å². The van der Waals surface area contributed by atoms with Crippen molar-refractivity contribution in [1.82, 2.24) is 30.7 Å². The Labute approximate surface area is 352 Å². The Morgan fingerprint density at radius 3 is 2.18 bits per heavy atom. The molecular weight excluding hydrogens is 759 g/mol. The second-order valence-corrected chi connectivity index (χ2v) is 16.8. The zero-order chi connectivity index (χ0) is 41.6. The number of nitrogens with one attached hydrogen (secondary N) is 4. The molecule has 1 atom stereocenters. The number of primary amides is 1. The van der Waals surface area contributed by atoms with Crippen molar-refractivity contribution in [3.8, 4) is 11.5 Å². The Balaban J connectivity index is 0.768. The lowest BCUT2D eigenvalue weighted by atomic mass is 9.79. The number of likely N-dealkylation sites (tertiary alicyclic amines) is 1. The number of carbonyl (C=O) groups is 4. The summed E-state index contributed by atoms with van der Waals surface area (Å²) in [5.41, 5.74) is 7.95. The van der Waals surface area contributed by atoms with Crippen LogP contribution in [-0.2, 0) is 9.59 Å². The Morgan fingerprint density at radius 1 is 0.767 bits per heavy atom. The third-order valence-corrected chi connectivity index (χ3v) is 13.1. The van der Waals surface area contributed by atoms with Crippen LogP contribution in [0.15, 0.2) is 90.3 Å². The topological polar surface area (TPSA) is 176 Å². The van der Waals surface area contributed by atoms with Crippen LogP contribution in [0.5, 0.6) is 11.5 Å². The van der Waals surface area contributed by atoms with Crippen molar-refractivity contribution < 1.29 is 23.9 Å². The van der Waals surface area contributed by atoms with Crippen LogP contribution >= 0.6 is 0 Å². The van der Waals surface area contributed by atoms with Crippen LogP contribution in [0.1, 0.15) is 67.3 Å². The zero-order valence-corrected chi connectivity index (χ0v) is 34.2. The highest BCUT2D eigenvalue weighted by molar-refractivity contribution is 6.26. The number of piperazine rings is 1. The molecule has 316 valence electrons. The maximum absolute atomic E-state index is 13.5. The van der Waals surface area contributed by atoms with E-state index in [1.807, 2.05) is 35.2 Å². The number of imide groups is 1. The summed E-state index contributed by atoms with van der Waals surface area (Å²) in [6.07, 6.45) is 7.71. The molecule has 14 heteroatoms.